The molecule has 0 N–H and O–H groups in total. The van der Waals surface area contributed by atoms with Crippen LogP contribution in [0.3, 0.4) is 0 Å². The molecule has 7 heteroatoms. The van der Waals surface area contributed by atoms with E-state index < -0.39 is 17.6 Å². The van der Waals surface area contributed by atoms with Crippen LogP contribution in [0.1, 0.15) is 48.4 Å². The van der Waals surface area contributed by atoms with Crippen molar-refractivity contribution >= 4 is 27.4 Å². The molecule has 1 aliphatic carbocycles. The number of aromatic nitrogens is 1. The zero-order valence-corrected chi connectivity index (χ0v) is 14.3. The summed E-state index contributed by atoms with van der Waals surface area (Å²) in [5.41, 5.74) is 0.186. The van der Waals surface area contributed by atoms with E-state index in [-0.39, 0.29) is 24.1 Å². The summed E-state index contributed by atoms with van der Waals surface area (Å²) in [4.78, 5) is 17.0. The molecule has 25 heavy (non-hydrogen) atoms. The first-order chi connectivity index (χ1) is 12.1. The summed E-state index contributed by atoms with van der Waals surface area (Å²) < 4.78 is 38.6. The Morgan fingerprint density at radius 3 is 2.84 bits per heavy atom. The van der Waals surface area contributed by atoms with Gasteiger partial charge in [-0.25, -0.2) is 18.6 Å². The molecule has 4 rings (SSSR count). The molecule has 0 amide bonds. The summed E-state index contributed by atoms with van der Waals surface area (Å²) >= 11 is 1.12. The number of thiophene rings is 1. The van der Waals surface area contributed by atoms with Crippen molar-refractivity contribution in [1.29, 1.82) is 0 Å². The Bertz CT molecular complexity index is 959. The molecule has 1 aliphatic rings. The molecule has 1 saturated carbocycles. The van der Waals surface area contributed by atoms with Crippen LogP contribution in [0.25, 0.3) is 20.9 Å². The molecular weight excluding hydrogens is 348 g/mol. The van der Waals surface area contributed by atoms with Gasteiger partial charge in [-0.15, -0.1) is 11.3 Å². The number of rotatable bonds is 4. The Hall–Kier alpha value is -2.28. The lowest BCUT2D eigenvalue weighted by Gasteiger charge is -2.23. The van der Waals surface area contributed by atoms with E-state index in [1.807, 2.05) is 0 Å². The molecule has 0 unspecified atom stereocenters. The molecule has 0 atom stereocenters. The lowest BCUT2D eigenvalue weighted by molar-refractivity contribution is 0.0515. The topological polar surface area (TPSA) is 52.3 Å². The highest BCUT2D eigenvalue weighted by molar-refractivity contribution is 7.22. The van der Waals surface area contributed by atoms with Gasteiger partial charge in [-0.2, -0.15) is 0 Å². The van der Waals surface area contributed by atoms with E-state index in [0.29, 0.717) is 20.7 Å². The molecular formula is C18H15F2NO3S. The number of nitrogens with zero attached hydrogens (tertiary/aromatic N) is 1. The van der Waals surface area contributed by atoms with Crippen LogP contribution in [0, 0.1) is 11.6 Å². The van der Waals surface area contributed by atoms with Gasteiger partial charge >= 0.3 is 5.97 Å². The number of carbonyl (C=O) groups excluding carboxylic acids is 1. The first kappa shape index (κ1) is 16.2. The third-order valence-corrected chi connectivity index (χ3v) is 5.49. The van der Waals surface area contributed by atoms with E-state index >= 15 is 0 Å². The fraction of sp³-hybridized carbons (Fsp3) is 0.333. The molecule has 0 radical (unpaired) electrons. The quantitative estimate of drug-likeness (QED) is 0.592. The average Bonchev–Trinajstić information content (AvgIpc) is 3.10. The van der Waals surface area contributed by atoms with Crippen LogP contribution in [0.4, 0.5) is 8.78 Å². The van der Waals surface area contributed by atoms with Gasteiger partial charge in [-0.05, 0) is 37.3 Å². The van der Waals surface area contributed by atoms with Gasteiger partial charge in [0.25, 0.3) is 0 Å². The zero-order chi connectivity index (χ0) is 17.6. The fourth-order valence-corrected chi connectivity index (χ4v) is 3.88. The third kappa shape index (κ3) is 2.82. The SMILES string of the molecule is CCOC(=O)c1nc(-c2cc3cc(F)cc(F)c3s2)oc1C1CCC1. The maximum absolute atomic E-state index is 13.9. The van der Waals surface area contributed by atoms with Gasteiger partial charge in [0.05, 0.1) is 16.2 Å². The highest BCUT2D eigenvalue weighted by atomic mass is 32.1. The van der Waals surface area contributed by atoms with Crippen molar-refractivity contribution in [3.63, 3.8) is 0 Å². The van der Waals surface area contributed by atoms with Gasteiger partial charge in [-0.1, -0.05) is 6.42 Å². The van der Waals surface area contributed by atoms with Gasteiger partial charge < -0.3 is 9.15 Å². The van der Waals surface area contributed by atoms with Crippen LogP contribution in [0.5, 0.6) is 0 Å². The third-order valence-electron chi connectivity index (χ3n) is 4.34. The molecule has 130 valence electrons. The van der Waals surface area contributed by atoms with Gasteiger partial charge in [-0.3, -0.25) is 0 Å². The van der Waals surface area contributed by atoms with E-state index in [4.69, 9.17) is 9.15 Å². The van der Waals surface area contributed by atoms with Crippen molar-refractivity contribution in [3.05, 3.63) is 41.3 Å². The van der Waals surface area contributed by atoms with Gasteiger partial charge in [0.1, 0.15) is 17.4 Å². The van der Waals surface area contributed by atoms with Crippen molar-refractivity contribution in [2.24, 2.45) is 0 Å². The van der Waals surface area contributed by atoms with Crippen LogP contribution in [-0.4, -0.2) is 17.6 Å². The number of fused-ring (bicyclic) bond motifs is 1. The molecule has 0 spiro atoms. The van der Waals surface area contributed by atoms with Crippen LogP contribution < -0.4 is 0 Å². The van der Waals surface area contributed by atoms with E-state index in [0.717, 1.165) is 36.7 Å². The minimum absolute atomic E-state index is 0.157. The first-order valence-corrected chi connectivity index (χ1v) is 8.95. The van der Waals surface area contributed by atoms with E-state index in [1.54, 1.807) is 13.0 Å². The van der Waals surface area contributed by atoms with E-state index in [2.05, 4.69) is 4.98 Å². The van der Waals surface area contributed by atoms with Crippen LogP contribution in [0.2, 0.25) is 0 Å². The first-order valence-electron chi connectivity index (χ1n) is 8.13. The Labute approximate surface area is 146 Å². The highest BCUT2D eigenvalue weighted by Gasteiger charge is 2.32. The number of ether oxygens (including phenoxy) is 1. The van der Waals surface area contributed by atoms with Crippen molar-refractivity contribution in [2.45, 2.75) is 32.1 Å². The molecule has 2 heterocycles. The molecule has 4 nitrogen and oxygen atoms in total. The number of hydrogen-bond acceptors (Lipinski definition) is 5. The number of hydrogen-bond donors (Lipinski definition) is 0. The normalized spacial score (nSPS) is 14.7. The second-order valence-corrected chi connectivity index (χ2v) is 7.05. The second kappa shape index (κ2) is 6.22. The molecule has 1 aromatic carbocycles. The summed E-state index contributed by atoms with van der Waals surface area (Å²) in [7, 11) is 0. The minimum atomic E-state index is -0.635. The largest absolute Gasteiger partial charge is 0.461 e. The minimum Gasteiger partial charge on any atom is -0.461 e. The molecule has 1 fully saturated rings. The van der Waals surface area contributed by atoms with Gasteiger partial charge in [0.2, 0.25) is 5.89 Å². The van der Waals surface area contributed by atoms with Gasteiger partial charge in [0, 0.05) is 12.0 Å². The van der Waals surface area contributed by atoms with Crippen molar-refractivity contribution in [1.82, 2.24) is 4.98 Å². The predicted octanol–water partition coefficient (Wildman–Crippen LogP) is 5.28. The average molecular weight is 363 g/mol. The Morgan fingerprint density at radius 1 is 1.36 bits per heavy atom. The molecule has 3 aromatic rings. The molecule has 0 aliphatic heterocycles. The zero-order valence-electron chi connectivity index (χ0n) is 13.5. The maximum atomic E-state index is 13.9. The van der Waals surface area contributed by atoms with Gasteiger partial charge in [0.15, 0.2) is 5.69 Å². The van der Waals surface area contributed by atoms with Crippen LogP contribution >= 0.6 is 11.3 Å². The Balaban J connectivity index is 1.80. The monoisotopic (exact) mass is 363 g/mol. The number of carbonyl (C=O) groups is 1. The smallest absolute Gasteiger partial charge is 0.360 e. The summed E-state index contributed by atoms with van der Waals surface area (Å²) in [5, 5.41) is 0.443. The highest BCUT2D eigenvalue weighted by Crippen LogP contribution is 2.42. The van der Waals surface area contributed by atoms with Crippen LogP contribution in [0.15, 0.2) is 22.6 Å². The van der Waals surface area contributed by atoms with E-state index in [1.165, 1.54) is 6.07 Å². The van der Waals surface area contributed by atoms with Crippen LogP contribution in [-0.2, 0) is 4.74 Å². The summed E-state index contributed by atoms with van der Waals surface area (Å²) in [6.07, 6.45) is 2.96. The Morgan fingerprint density at radius 2 is 2.16 bits per heavy atom. The molecule has 2 aromatic heterocycles. The molecule has 0 bridgehead atoms. The predicted molar refractivity (Wildman–Crippen MR) is 89.8 cm³/mol. The van der Waals surface area contributed by atoms with Crippen molar-refractivity contribution in [3.8, 4) is 10.8 Å². The number of halogens is 2. The molecule has 0 saturated heterocycles. The fourth-order valence-electron chi connectivity index (χ4n) is 2.91. The number of oxazole rings is 1. The number of esters is 1. The van der Waals surface area contributed by atoms with Crippen molar-refractivity contribution < 1.29 is 22.7 Å². The summed E-state index contributed by atoms with van der Waals surface area (Å²) in [5.74, 6) is -0.844. The number of benzene rings is 1. The standard InChI is InChI=1S/C18H15F2NO3S/c1-2-23-18(22)14-15(9-4-3-5-9)24-17(21-14)13-7-10-6-11(19)8-12(20)16(10)25-13/h6-9H,2-5H2,1H3. The summed E-state index contributed by atoms with van der Waals surface area (Å²) in [6, 6.07) is 3.74. The lowest BCUT2D eigenvalue weighted by Crippen LogP contribution is -2.14. The maximum Gasteiger partial charge on any atom is 0.360 e. The van der Waals surface area contributed by atoms with Crippen molar-refractivity contribution in [2.75, 3.05) is 6.61 Å². The lowest BCUT2D eigenvalue weighted by atomic mass is 9.83. The Kier molecular flexibility index (Phi) is 4.03. The summed E-state index contributed by atoms with van der Waals surface area (Å²) in [6.45, 7) is 1.98. The second-order valence-electron chi connectivity index (χ2n) is 6.00. The van der Waals surface area contributed by atoms with E-state index in [9.17, 15) is 13.6 Å².